The second-order valence-corrected chi connectivity index (χ2v) is 4.67. The molecule has 104 valence electrons. The van der Waals surface area contributed by atoms with Gasteiger partial charge >= 0.3 is 10.4 Å². The van der Waals surface area contributed by atoms with Gasteiger partial charge in [0.2, 0.25) is 0 Å². The first-order chi connectivity index (χ1) is 8.24. The molecule has 2 atom stereocenters. The van der Waals surface area contributed by atoms with Crippen molar-refractivity contribution in [1.82, 2.24) is 0 Å². The van der Waals surface area contributed by atoms with Gasteiger partial charge in [-0.3, -0.25) is 9.11 Å². The average Bonchev–Trinajstić information content (AvgIpc) is 2.27. The van der Waals surface area contributed by atoms with E-state index < -0.39 is 10.4 Å². The van der Waals surface area contributed by atoms with Crippen LogP contribution in [-0.4, -0.2) is 34.8 Å². The zero-order chi connectivity index (χ0) is 14.2. The average molecular weight is 277 g/mol. The molecule has 0 aliphatic rings. The van der Waals surface area contributed by atoms with Crippen LogP contribution in [0.2, 0.25) is 0 Å². The molecule has 0 radical (unpaired) electrons. The van der Waals surface area contributed by atoms with Crippen LogP contribution in [-0.2, 0) is 16.8 Å². The van der Waals surface area contributed by atoms with Gasteiger partial charge in [-0.2, -0.15) is 8.42 Å². The van der Waals surface area contributed by atoms with Gasteiger partial charge < -0.3 is 10.8 Å². The van der Waals surface area contributed by atoms with Crippen molar-refractivity contribution in [3.05, 3.63) is 35.9 Å². The smallest absolute Gasteiger partial charge is 0.392 e. The normalized spacial score (nSPS) is 14.3. The van der Waals surface area contributed by atoms with E-state index in [1.54, 1.807) is 0 Å². The molecule has 0 aliphatic heterocycles. The van der Waals surface area contributed by atoms with E-state index in [-0.39, 0.29) is 12.1 Å². The number of aliphatic hydroxyl groups is 1. The Morgan fingerprint density at radius 1 is 1.22 bits per heavy atom. The third kappa shape index (κ3) is 10.2. The van der Waals surface area contributed by atoms with Crippen molar-refractivity contribution in [2.45, 2.75) is 31.9 Å². The number of rotatable bonds is 4. The van der Waals surface area contributed by atoms with E-state index in [1.165, 1.54) is 5.56 Å². The van der Waals surface area contributed by atoms with E-state index in [9.17, 15) is 5.11 Å². The van der Waals surface area contributed by atoms with E-state index in [0.717, 1.165) is 6.42 Å². The molecule has 0 saturated heterocycles. The topological polar surface area (TPSA) is 121 Å². The van der Waals surface area contributed by atoms with Gasteiger partial charge in [0.1, 0.15) is 0 Å². The summed E-state index contributed by atoms with van der Waals surface area (Å²) in [5, 5.41) is 9.46. The molecule has 0 heterocycles. The Morgan fingerprint density at radius 3 is 2.06 bits per heavy atom. The fourth-order valence-electron chi connectivity index (χ4n) is 1.33. The zero-order valence-electron chi connectivity index (χ0n) is 10.1. The molecule has 0 aromatic heterocycles. The predicted molar refractivity (Wildman–Crippen MR) is 68.6 cm³/mol. The maximum atomic E-state index is 9.46. The van der Waals surface area contributed by atoms with Gasteiger partial charge in [-0.25, -0.2) is 0 Å². The minimum Gasteiger partial charge on any atom is -0.392 e. The van der Waals surface area contributed by atoms with Crippen LogP contribution < -0.4 is 5.73 Å². The van der Waals surface area contributed by atoms with Gasteiger partial charge in [0.15, 0.2) is 0 Å². The van der Waals surface area contributed by atoms with Crippen molar-refractivity contribution in [2.75, 3.05) is 0 Å². The molecule has 1 rings (SSSR count). The summed E-state index contributed by atoms with van der Waals surface area (Å²) in [6.07, 6.45) is 1.07. The first-order valence-electron chi connectivity index (χ1n) is 5.41. The summed E-state index contributed by atoms with van der Waals surface area (Å²) in [6.45, 7) is 1.94. The second-order valence-electron chi connectivity index (χ2n) is 3.78. The minimum absolute atomic E-state index is 0.146. The van der Waals surface area contributed by atoms with E-state index >= 15 is 0 Å². The van der Waals surface area contributed by atoms with E-state index in [1.807, 2.05) is 37.3 Å². The Labute approximate surface area is 107 Å². The highest BCUT2D eigenvalue weighted by atomic mass is 32.3. The molecule has 18 heavy (non-hydrogen) atoms. The molecule has 0 amide bonds. The molecule has 5 N–H and O–H groups in total. The maximum Gasteiger partial charge on any atom is 0.394 e. The Hall–Kier alpha value is -0.990. The minimum atomic E-state index is -4.67. The molecule has 1 aromatic carbocycles. The Balaban J connectivity index is 0.000000494. The lowest BCUT2D eigenvalue weighted by Gasteiger charge is -2.16. The predicted octanol–water partition coefficient (Wildman–Crippen LogP) is 0.674. The number of hydrogen-bond acceptors (Lipinski definition) is 4. The summed E-state index contributed by atoms with van der Waals surface area (Å²) in [6, 6.07) is 9.86. The van der Waals surface area contributed by atoms with Gasteiger partial charge in [-0.15, -0.1) is 0 Å². The van der Waals surface area contributed by atoms with Gasteiger partial charge in [0.05, 0.1) is 6.10 Å². The van der Waals surface area contributed by atoms with Crippen molar-refractivity contribution in [1.29, 1.82) is 0 Å². The Bertz CT molecular complexity index is 412. The monoisotopic (exact) mass is 277 g/mol. The van der Waals surface area contributed by atoms with Gasteiger partial charge in [0.25, 0.3) is 0 Å². The standard InChI is InChI=1S/C11H17NO.H2O4S/c1-2-11(13)10(12)8-9-6-4-3-5-7-9;1-5(2,3)4/h3-7,10-11,13H,2,8,12H2,1H3;(H2,1,2,3,4)/t10-,11-;/m1./s1. The third-order valence-corrected chi connectivity index (χ3v) is 2.23. The molecule has 0 saturated carbocycles. The van der Waals surface area contributed by atoms with Crippen molar-refractivity contribution in [2.24, 2.45) is 5.73 Å². The van der Waals surface area contributed by atoms with Gasteiger partial charge in [0, 0.05) is 6.04 Å². The van der Waals surface area contributed by atoms with Gasteiger partial charge in [-0.1, -0.05) is 37.3 Å². The maximum absolute atomic E-state index is 9.46. The molecule has 7 heteroatoms. The molecule has 6 nitrogen and oxygen atoms in total. The van der Waals surface area contributed by atoms with Crippen LogP contribution in [0.25, 0.3) is 0 Å². The van der Waals surface area contributed by atoms with Crippen LogP contribution in [0.15, 0.2) is 30.3 Å². The van der Waals surface area contributed by atoms with Crippen molar-refractivity contribution in [3.8, 4) is 0 Å². The molecular weight excluding hydrogens is 258 g/mol. The zero-order valence-corrected chi connectivity index (χ0v) is 10.9. The van der Waals surface area contributed by atoms with Crippen LogP contribution >= 0.6 is 0 Å². The SMILES string of the molecule is CC[C@@H](O)[C@H](N)Cc1ccccc1.O=S(=O)(O)O. The number of aliphatic hydroxyl groups excluding tert-OH is 1. The van der Waals surface area contributed by atoms with Crippen molar-refractivity contribution < 1.29 is 22.6 Å². The lowest BCUT2D eigenvalue weighted by Crippen LogP contribution is -2.36. The fraction of sp³-hybridized carbons (Fsp3) is 0.455. The summed E-state index contributed by atoms with van der Waals surface area (Å²) in [4.78, 5) is 0. The molecule has 0 fully saturated rings. The van der Waals surface area contributed by atoms with Crippen LogP contribution in [0.5, 0.6) is 0 Å². The summed E-state index contributed by atoms with van der Waals surface area (Å²) in [5.74, 6) is 0. The van der Waals surface area contributed by atoms with Crippen LogP contribution in [0.4, 0.5) is 0 Å². The summed E-state index contributed by atoms with van der Waals surface area (Å²) >= 11 is 0. The molecular formula is C11H19NO5S. The molecule has 0 spiro atoms. The summed E-state index contributed by atoms with van der Waals surface area (Å²) < 4.78 is 31.6. The lowest BCUT2D eigenvalue weighted by molar-refractivity contribution is 0.140. The van der Waals surface area contributed by atoms with Gasteiger partial charge in [-0.05, 0) is 18.4 Å². The Morgan fingerprint density at radius 2 is 1.67 bits per heavy atom. The van der Waals surface area contributed by atoms with Crippen molar-refractivity contribution in [3.63, 3.8) is 0 Å². The summed E-state index contributed by atoms with van der Waals surface area (Å²) in [7, 11) is -4.67. The van der Waals surface area contributed by atoms with Crippen LogP contribution in [0.3, 0.4) is 0 Å². The first kappa shape index (κ1) is 17.0. The third-order valence-electron chi connectivity index (χ3n) is 2.23. The van der Waals surface area contributed by atoms with Crippen LogP contribution in [0.1, 0.15) is 18.9 Å². The van der Waals surface area contributed by atoms with Crippen LogP contribution in [0, 0.1) is 0 Å². The molecule has 1 aromatic rings. The molecule has 0 bridgehead atoms. The molecule has 0 unspecified atom stereocenters. The highest BCUT2D eigenvalue weighted by molar-refractivity contribution is 7.79. The quantitative estimate of drug-likeness (QED) is 0.600. The van der Waals surface area contributed by atoms with E-state index in [2.05, 4.69) is 0 Å². The number of benzene rings is 1. The number of nitrogens with two attached hydrogens (primary N) is 1. The Kier molecular flexibility index (Phi) is 7.72. The highest BCUT2D eigenvalue weighted by Crippen LogP contribution is 2.05. The number of hydrogen-bond donors (Lipinski definition) is 4. The highest BCUT2D eigenvalue weighted by Gasteiger charge is 2.12. The second kappa shape index (κ2) is 8.17. The van der Waals surface area contributed by atoms with E-state index in [0.29, 0.717) is 6.42 Å². The lowest BCUT2D eigenvalue weighted by atomic mass is 10.0. The van der Waals surface area contributed by atoms with E-state index in [4.69, 9.17) is 23.3 Å². The fourth-order valence-corrected chi connectivity index (χ4v) is 1.33. The first-order valence-corrected chi connectivity index (χ1v) is 6.81. The largest absolute Gasteiger partial charge is 0.394 e. The summed E-state index contributed by atoms with van der Waals surface area (Å²) in [5.41, 5.74) is 6.99. The van der Waals surface area contributed by atoms with Crippen molar-refractivity contribution >= 4 is 10.4 Å². The molecule has 0 aliphatic carbocycles.